The summed E-state index contributed by atoms with van der Waals surface area (Å²) in [5, 5.41) is 0. The van der Waals surface area contributed by atoms with E-state index < -0.39 is 23.7 Å². The normalized spacial score (nSPS) is 24.6. The molecular weight excluding hydrogens is 487 g/mol. The van der Waals surface area contributed by atoms with E-state index in [0.717, 1.165) is 55.7 Å². The Bertz CT molecular complexity index is 988. The van der Waals surface area contributed by atoms with Gasteiger partial charge >= 0.3 is 6.36 Å². The number of ether oxygens (including phenoxy) is 2. The van der Waals surface area contributed by atoms with Crippen LogP contribution in [-0.4, -0.2) is 6.36 Å². The maximum Gasteiger partial charge on any atom is 0.573 e. The molecule has 1 radical (unpaired) electrons. The zero-order valence-corrected chi connectivity index (χ0v) is 21.4. The number of alkyl halides is 3. The summed E-state index contributed by atoms with van der Waals surface area (Å²) in [6.45, 7) is 2.24. The monoisotopic (exact) mass is 523 g/mol. The summed E-state index contributed by atoms with van der Waals surface area (Å²) in [4.78, 5) is 0. The first kappa shape index (κ1) is 27.7. The van der Waals surface area contributed by atoms with E-state index in [2.05, 4.69) is 17.7 Å². The Kier molecular flexibility index (Phi) is 9.36. The second kappa shape index (κ2) is 12.5. The van der Waals surface area contributed by atoms with Crippen molar-refractivity contribution in [3.8, 4) is 17.2 Å². The molecule has 0 spiro atoms. The summed E-state index contributed by atoms with van der Waals surface area (Å²) in [5.74, 6) is 0.0246. The molecule has 0 atom stereocenters. The number of halogens is 5. The van der Waals surface area contributed by atoms with E-state index in [0.29, 0.717) is 5.92 Å². The SMILES string of the molecule is CCCCC[C@H]1CC[C@H](C2CCC(c3c(F)c[c]c(Oc4ccc(OC(F)(F)F)cc4)c3F)CC2)CC1. The van der Waals surface area contributed by atoms with Crippen LogP contribution in [0.1, 0.15) is 95.5 Å². The van der Waals surface area contributed by atoms with Gasteiger partial charge in [-0.3, -0.25) is 0 Å². The molecule has 2 fully saturated rings. The zero-order chi connectivity index (χ0) is 26.4. The lowest BCUT2D eigenvalue weighted by molar-refractivity contribution is -0.274. The highest BCUT2D eigenvalue weighted by Crippen LogP contribution is 2.46. The van der Waals surface area contributed by atoms with Gasteiger partial charge in [-0.1, -0.05) is 45.4 Å². The van der Waals surface area contributed by atoms with E-state index in [1.54, 1.807) is 0 Å². The summed E-state index contributed by atoms with van der Waals surface area (Å²) >= 11 is 0. The molecule has 0 aliphatic heterocycles. The molecule has 203 valence electrons. The summed E-state index contributed by atoms with van der Waals surface area (Å²) in [6.07, 6.45) is 9.09. The number of hydrogen-bond acceptors (Lipinski definition) is 2. The smallest absolute Gasteiger partial charge is 0.454 e. The zero-order valence-electron chi connectivity index (χ0n) is 21.4. The van der Waals surface area contributed by atoms with Crippen LogP contribution in [0.5, 0.6) is 17.2 Å². The van der Waals surface area contributed by atoms with Crippen LogP contribution in [0.2, 0.25) is 0 Å². The van der Waals surface area contributed by atoms with Gasteiger partial charge in [-0.15, -0.1) is 13.2 Å². The first-order chi connectivity index (χ1) is 17.7. The molecule has 2 aromatic rings. The number of unbranched alkanes of at least 4 members (excludes halogenated alkanes) is 2. The van der Waals surface area contributed by atoms with Gasteiger partial charge in [-0.2, -0.15) is 0 Å². The van der Waals surface area contributed by atoms with Gasteiger partial charge in [0, 0.05) is 11.6 Å². The Labute approximate surface area is 216 Å². The topological polar surface area (TPSA) is 18.5 Å². The molecule has 2 aliphatic rings. The summed E-state index contributed by atoms with van der Waals surface area (Å²) in [6, 6.07) is 8.19. The van der Waals surface area contributed by atoms with E-state index in [1.165, 1.54) is 63.5 Å². The van der Waals surface area contributed by atoms with Gasteiger partial charge in [0.25, 0.3) is 0 Å². The summed E-state index contributed by atoms with van der Waals surface area (Å²) in [5.41, 5.74) is 0.0313. The summed E-state index contributed by atoms with van der Waals surface area (Å²) < 4.78 is 76.5. The minimum Gasteiger partial charge on any atom is -0.454 e. The van der Waals surface area contributed by atoms with Gasteiger partial charge in [0.1, 0.15) is 17.3 Å². The first-order valence-corrected chi connectivity index (χ1v) is 13.7. The fraction of sp³-hybridized carbons (Fsp3) is 0.600. The standard InChI is InChI=1S/C30H36F5O2/c1-2-3-4-5-20-6-8-21(9-7-20)22-10-12-23(13-11-22)28-26(31)18-19-27(29(28)32)36-24-14-16-25(17-15-24)37-30(33,34)35/h14-18,20-23H,2-13H2,1H3/t20-,21-,22?,23?. The van der Waals surface area contributed by atoms with Crippen molar-refractivity contribution in [2.45, 2.75) is 96.3 Å². The highest BCUT2D eigenvalue weighted by molar-refractivity contribution is 5.39. The molecule has 7 heteroatoms. The van der Waals surface area contributed by atoms with Crippen molar-refractivity contribution in [1.29, 1.82) is 0 Å². The fourth-order valence-corrected chi connectivity index (χ4v) is 6.28. The predicted octanol–water partition coefficient (Wildman–Crippen LogP) is 10.1. The minimum absolute atomic E-state index is 0.0313. The molecule has 0 aromatic heterocycles. The van der Waals surface area contributed by atoms with Crippen LogP contribution in [0.3, 0.4) is 0 Å². The van der Waals surface area contributed by atoms with Gasteiger partial charge in [0.05, 0.1) is 0 Å². The molecular formula is C30H36F5O2. The molecule has 0 bridgehead atoms. The van der Waals surface area contributed by atoms with Crippen molar-refractivity contribution in [1.82, 2.24) is 0 Å². The van der Waals surface area contributed by atoms with E-state index in [1.807, 2.05) is 0 Å². The number of rotatable bonds is 9. The van der Waals surface area contributed by atoms with E-state index >= 15 is 4.39 Å². The van der Waals surface area contributed by atoms with E-state index in [-0.39, 0.29) is 23.0 Å². The van der Waals surface area contributed by atoms with Crippen LogP contribution in [0, 0.1) is 35.5 Å². The second-order valence-electron chi connectivity index (χ2n) is 10.7. The quantitative estimate of drug-likeness (QED) is 0.240. The molecule has 0 saturated heterocycles. The Morgan fingerprint density at radius 2 is 1.43 bits per heavy atom. The Morgan fingerprint density at radius 3 is 2.03 bits per heavy atom. The molecule has 0 N–H and O–H groups in total. The second-order valence-corrected chi connectivity index (χ2v) is 10.7. The average molecular weight is 524 g/mol. The third-order valence-electron chi connectivity index (χ3n) is 8.25. The minimum atomic E-state index is -4.80. The molecule has 2 saturated carbocycles. The third-order valence-corrected chi connectivity index (χ3v) is 8.25. The van der Waals surface area contributed by atoms with Gasteiger partial charge in [-0.05, 0) is 92.5 Å². The lowest BCUT2D eigenvalue weighted by Crippen LogP contribution is -2.26. The highest BCUT2D eigenvalue weighted by atomic mass is 19.4. The molecule has 37 heavy (non-hydrogen) atoms. The molecule has 2 aromatic carbocycles. The van der Waals surface area contributed by atoms with Crippen LogP contribution in [-0.2, 0) is 0 Å². The largest absolute Gasteiger partial charge is 0.573 e. The molecule has 2 aliphatic carbocycles. The predicted molar refractivity (Wildman–Crippen MR) is 133 cm³/mol. The maximum absolute atomic E-state index is 15.4. The van der Waals surface area contributed by atoms with Gasteiger partial charge in [-0.25, -0.2) is 8.78 Å². The van der Waals surface area contributed by atoms with Gasteiger partial charge in [0.15, 0.2) is 11.6 Å². The van der Waals surface area contributed by atoms with Crippen molar-refractivity contribution in [3.05, 3.63) is 53.6 Å². The van der Waals surface area contributed by atoms with Gasteiger partial charge in [0.2, 0.25) is 0 Å². The highest BCUT2D eigenvalue weighted by Gasteiger charge is 2.34. The molecule has 4 rings (SSSR count). The van der Waals surface area contributed by atoms with Crippen LogP contribution >= 0.6 is 0 Å². The van der Waals surface area contributed by atoms with Crippen LogP contribution in [0.4, 0.5) is 22.0 Å². The van der Waals surface area contributed by atoms with Crippen LogP contribution in [0.25, 0.3) is 0 Å². The van der Waals surface area contributed by atoms with Crippen molar-refractivity contribution in [3.63, 3.8) is 0 Å². The van der Waals surface area contributed by atoms with Crippen LogP contribution < -0.4 is 9.47 Å². The van der Waals surface area contributed by atoms with Crippen molar-refractivity contribution in [2.75, 3.05) is 0 Å². The Hall–Kier alpha value is -2.31. The van der Waals surface area contributed by atoms with E-state index in [9.17, 15) is 17.6 Å². The first-order valence-electron chi connectivity index (χ1n) is 13.7. The summed E-state index contributed by atoms with van der Waals surface area (Å²) in [7, 11) is 0. The fourth-order valence-electron chi connectivity index (χ4n) is 6.28. The third kappa shape index (κ3) is 7.61. The Morgan fingerprint density at radius 1 is 0.838 bits per heavy atom. The molecule has 2 nitrogen and oxygen atoms in total. The molecule has 0 heterocycles. The van der Waals surface area contributed by atoms with Crippen molar-refractivity contribution >= 4 is 0 Å². The van der Waals surface area contributed by atoms with E-state index in [4.69, 9.17) is 4.74 Å². The van der Waals surface area contributed by atoms with Crippen LogP contribution in [0.15, 0.2) is 30.3 Å². The maximum atomic E-state index is 15.4. The molecule has 0 amide bonds. The lowest BCUT2D eigenvalue weighted by Gasteiger charge is -2.38. The molecule has 0 unspecified atom stereocenters. The number of benzene rings is 2. The van der Waals surface area contributed by atoms with Crippen molar-refractivity contribution in [2.24, 2.45) is 17.8 Å². The lowest BCUT2D eigenvalue weighted by atomic mass is 9.68. The average Bonchev–Trinajstić information content (AvgIpc) is 2.87. The Balaban J connectivity index is 1.33. The van der Waals surface area contributed by atoms with Crippen molar-refractivity contribution < 1.29 is 31.4 Å². The van der Waals surface area contributed by atoms with Gasteiger partial charge < -0.3 is 9.47 Å². The number of hydrogen-bond donors (Lipinski definition) is 0.